The Labute approximate surface area is 216 Å². The van der Waals surface area contributed by atoms with Gasteiger partial charge in [-0.3, -0.25) is 24.8 Å². The number of rotatable bonds is 20. The number of nitro groups is 2. The van der Waals surface area contributed by atoms with Crippen LogP contribution in [0.15, 0.2) is 23.1 Å². The molecule has 2 N–H and O–H groups in total. The average Bonchev–Trinajstić information content (AvgIpc) is 2.83. The third kappa shape index (κ3) is 16.5. The van der Waals surface area contributed by atoms with E-state index in [0.29, 0.717) is 6.07 Å². The van der Waals surface area contributed by atoms with Crippen LogP contribution >= 0.6 is 0 Å². The minimum atomic E-state index is -4.88. The molecule has 0 atom stereocenters. The molecule has 10 nitrogen and oxygen atoms in total. The van der Waals surface area contributed by atoms with Gasteiger partial charge in [0, 0.05) is 6.07 Å². The molecule has 36 heavy (non-hydrogen) atoms. The van der Waals surface area contributed by atoms with E-state index >= 15 is 0 Å². The van der Waals surface area contributed by atoms with E-state index in [1.807, 2.05) is 7.05 Å². The Balaban J connectivity index is 0.000000696. The quantitative estimate of drug-likeness (QED) is 0.0774. The Morgan fingerprint density at radius 1 is 0.750 bits per heavy atom. The molecule has 0 aliphatic rings. The van der Waals surface area contributed by atoms with Gasteiger partial charge < -0.3 is 5.32 Å². The second-order valence-electron chi connectivity index (χ2n) is 9.02. The van der Waals surface area contributed by atoms with Crippen molar-refractivity contribution in [2.24, 2.45) is 0 Å². The van der Waals surface area contributed by atoms with E-state index in [1.165, 1.54) is 109 Å². The lowest BCUT2D eigenvalue weighted by Crippen LogP contribution is -2.06. The van der Waals surface area contributed by atoms with Crippen LogP contribution in [0.25, 0.3) is 0 Å². The van der Waals surface area contributed by atoms with Gasteiger partial charge in [-0.25, -0.2) is 0 Å². The minimum absolute atomic E-state index is 0.709. The Morgan fingerprint density at radius 2 is 1.17 bits per heavy atom. The lowest BCUT2D eigenvalue weighted by atomic mass is 10.0. The lowest BCUT2D eigenvalue weighted by Gasteiger charge is -2.03. The molecule has 1 aromatic rings. The molecule has 1 rings (SSSR count). The summed E-state index contributed by atoms with van der Waals surface area (Å²) < 4.78 is 30.2. The van der Waals surface area contributed by atoms with Crippen molar-refractivity contribution >= 4 is 21.5 Å². The number of para-hydroxylation sites is 1. The highest BCUT2D eigenvalue weighted by Gasteiger charge is 2.33. The molecule has 0 bridgehead atoms. The lowest BCUT2D eigenvalue weighted by molar-refractivity contribution is -0.424. The topological polar surface area (TPSA) is 153 Å². The van der Waals surface area contributed by atoms with Crippen LogP contribution in [0.4, 0.5) is 11.4 Å². The Morgan fingerprint density at radius 3 is 1.50 bits per heavy atom. The van der Waals surface area contributed by atoms with E-state index in [-0.39, 0.29) is 0 Å². The highest BCUT2D eigenvalue weighted by Crippen LogP contribution is 2.33. The molecule has 0 saturated carbocycles. The molecule has 0 aliphatic heterocycles. The third-order valence-electron chi connectivity index (χ3n) is 5.92. The number of unbranched alkanes of at least 4 members (excludes halogenated alkanes) is 15. The van der Waals surface area contributed by atoms with Gasteiger partial charge in [-0.2, -0.15) is 8.42 Å². The fraction of sp³-hybridized carbons (Fsp3) is 0.760. The van der Waals surface area contributed by atoms with Crippen molar-refractivity contribution in [3.8, 4) is 0 Å². The van der Waals surface area contributed by atoms with Crippen molar-refractivity contribution in [2.45, 2.75) is 115 Å². The summed E-state index contributed by atoms with van der Waals surface area (Å²) in [5.41, 5.74) is -2.25. The van der Waals surface area contributed by atoms with Crippen LogP contribution in [0.1, 0.15) is 110 Å². The molecule has 0 aromatic heterocycles. The van der Waals surface area contributed by atoms with Gasteiger partial charge in [0.15, 0.2) is 4.90 Å². The summed E-state index contributed by atoms with van der Waals surface area (Å²) in [6.07, 6.45) is 23.2. The Bertz CT molecular complexity index is 830. The van der Waals surface area contributed by atoms with Crippen LogP contribution in [-0.2, 0) is 10.1 Å². The molecule has 0 fully saturated rings. The van der Waals surface area contributed by atoms with E-state index in [9.17, 15) is 28.6 Å². The molecular formula is C25H45N3O7S. The summed E-state index contributed by atoms with van der Waals surface area (Å²) in [4.78, 5) is 17.5. The molecule has 0 amide bonds. The van der Waals surface area contributed by atoms with Gasteiger partial charge in [0.2, 0.25) is 0 Å². The Kier molecular flexibility index (Phi) is 19.8. The van der Waals surface area contributed by atoms with E-state index in [1.54, 1.807) is 0 Å². The highest BCUT2D eigenvalue weighted by molar-refractivity contribution is 7.86. The first-order valence-electron chi connectivity index (χ1n) is 13.2. The zero-order valence-electron chi connectivity index (χ0n) is 22.0. The first-order valence-corrected chi connectivity index (χ1v) is 14.6. The molecule has 0 unspecified atom stereocenters. The van der Waals surface area contributed by atoms with Crippen molar-refractivity contribution in [3.63, 3.8) is 0 Å². The van der Waals surface area contributed by atoms with Gasteiger partial charge >= 0.3 is 21.5 Å². The zero-order valence-corrected chi connectivity index (χ0v) is 22.8. The van der Waals surface area contributed by atoms with Gasteiger partial charge in [-0.15, -0.1) is 0 Å². The second-order valence-corrected chi connectivity index (χ2v) is 10.4. The van der Waals surface area contributed by atoms with Crippen LogP contribution in [0.2, 0.25) is 0 Å². The standard InChI is InChI=1S/C19H41N.C6H4N2O7S/c1-3-4-5-6-7-8-9-10-11-12-13-14-15-16-17-18-19-20-2;9-7(10)4-2-1-3-5(16(13,14)15)6(4)8(11)12/h20H,3-19H2,1-2H3;1-3H,(H,13,14,15). The van der Waals surface area contributed by atoms with Crippen molar-refractivity contribution in [3.05, 3.63) is 38.4 Å². The summed E-state index contributed by atoms with van der Waals surface area (Å²) >= 11 is 0. The summed E-state index contributed by atoms with van der Waals surface area (Å²) in [7, 11) is -2.83. The molecule has 208 valence electrons. The van der Waals surface area contributed by atoms with E-state index in [4.69, 9.17) is 4.55 Å². The van der Waals surface area contributed by atoms with Crippen molar-refractivity contribution < 1.29 is 22.8 Å². The van der Waals surface area contributed by atoms with Gasteiger partial charge in [0.1, 0.15) is 0 Å². The van der Waals surface area contributed by atoms with E-state index in [0.717, 1.165) is 12.1 Å². The van der Waals surface area contributed by atoms with Crippen LogP contribution < -0.4 is 5.32 Å². The maximum atomic E-state index is 10.8. The molecule has 0 radical (unpaired) electrons. The van der Waals surface area contributed by atoms with Crippen LogP contribution in [0.5, 0.6) is 0 Å². The first-order chi connectivity index (χ1) is 17.2. The number of hydrogen-bond acceptors (Lipinski definition) is 7. The fourth-order valence-electron chi connectivity index (χ4n) is 3.90. The van der Waals surface area contributed by atoms with Gasteiger partial charge in [0.25, 0.3) is 0 Å². The normalized spacial score (nSPS) is 11.1. The van der Waals surface area contributed by atoms with E-state index < -0.39 is 36.2 Å². The molecular weight excluding hydrogens is 486 g/mol. The largest absolute Gasteiger partial charge is 0.366 e. The smallest absolute Gasteiger partial charge is 0.320 e. The number of benzene rings is 1. The minimum Gasteiger partial charge on any atom is -0.320 e. The molecule has 1 aromatic carbocycles. The molecule has 0 saturated heterocycles. The second kappa shape index (κ2) is 21.0. The SMILES string of the molecule is CCCCCCCCCCCCCCCCCCNC.O=[N+]([O-])c1cccc(S(=O)(=O)O)c1[N+](=O)[O-]. The summed E-state index contributed by atoms with van der Waals surface area (Å²) in [5.74, 6) is 0. The fourth-order valence-corrected chi connectivity index (χ4v) is 4.57. The van der Waals surface area contributed by atoms with Crippen LogP contribution in [0.3, 0.4) is 0 Å². The third-order valence-corrected chi connectivity index (χ3v) is 6.80. The maximum Gasteiger partial charge on any atom is 0.366 e. The number of hydrogen-bond donors (Lipinski definition) is 2. The number of nitro benzene ring substituents is 2. The monoisotopic (exact) mass is 531 g/mol. The Hall–Kier alpha value is -2.11. The van der Waals surface area contributed by atoms with Crippen molar-refractivity contribution in [1.82, 2.24) is 5.32 Å². The predicted molar refractivity (Wildman–Crippen MR) is 143 cm³/mol. The van der Waals surface area contributed by atoms with Crippen LogP contribution in [-0.4, -0.2) is 36.4 Å². The molecule has 0 aliphatic carbocycles. The first kappa shape index (κ1) is 33.9. The maximum absolute atomic E-state index is 10.8. The summed E-state index contributed by atoms with van der Waals surface area (Å²) in [5, 5.41) is 24.2. The number of nitrogens with one attached hydrogen (secondary N) is 1. The van der Waals surface area contributed by atoms with Crippen molar-refractivity contribution in [2.75, 3.05) is 13.6 Å². The van der Waals surface area contributed by atoms with Crippen molar-refractivity contribution in [1.29, 1.82) is 0 Å². The zero-order chi connectivity index (χ0) is 27.2. The van der Waals surface area contributed by atoms with Gasteiger partial charge in [-0.05, 0) is 26.1 Å². The average molecular weight is 532 g/mol. The molecule has 11 heteroatoms. The van der Waals surface area contributed by atoms with Gasteiger partial charge in [0.05, 0.1) is 9.85 Å². The van der Waals surface area contributed by atoms with Crippen LogP contribution in [0, 0.1) is 20.2 Å². The predicted octanol–water partition coefficient (Wildman–Crippen LogP) is 7.22. The molecule has 0 heterocycles. The molecule has 0 spiro atoms. The number of nitrogens with zero attached hydrogens (tertiary/aromatic N) is 2. The summed E-state index contributed by atoms with van der Waals surface area (Å²) in [6, 6.07) is 2.40. The highest BCUT2D eigenvalue weighted by atomic mass is 32.2. The van der Waals surface area contributed by atoms with Gasteiger partial charge in [-0.1, -0.05) is 109 Å². The summed E-state index contributed by atoms with van der Waals surface area (Å²) in [6.45, 7) is 3.49. The van der Waals surface area contributed by atoms with E-state index in [2.05, 4.69) is 12.2 Å².